The minimum absolute atomic E-state index is 0.00308. The van der Waals surface area contributed by atoms with Crippen LogP contribution in [0.4, 0.5) is 4.79 Å². The van der Waals surface area contributed by atoms with E-state index in [1.165, 1.54) is 0 Å². The van der Waals surface area contributed by atoms with Crippen LogP contribution in [0.2, 0.25) is 0 Å². The lowest BCUT2D eigenvalue weighted by Gasteiger charge is -2.40. The summed E-state index contributed by atoms with van der Waals surface area (Å²) in [6, 6.07) is 5.77. The third kappa shape index (κ3) is 5.21. The highest BCUT2D eigenvalue weighted by Gasteiger charge is 2.34. The molecule has 0 unspecified atom stereocenters. The zero-order valence-corrected chi connectivity index (χ0v) is 15.9. The first-order valence-electron chi connectivity index (χ1n) is 8.97. The molecule has 1 heterocycles. The summed E-state index contributed by atoms with van der Waals surface area (Å²) in [7, 11) is 0. The molecule has 0 spiro atoms. The maximum Gasteiger partial charge on any atom is 0.410 e. The lowest BCUT2D eigenvalue weighted by atomic mass is 9.90. The Hall–Kier alpha value is -2.04. The van der Waals surface area contributed by atoms with Gasteiger partial charge in [0.15, 0.2) is 5.78 Å². The summed E-state index contributed by atoms with van der Waals surface area (Å²) < 4.78 is 11.1. The number of carbonyl (C=O) groups excluding carboxylic acids is 2. The molecule has 1 aliphatic rings. The SMILES string of the molecule is CCCCOc1ccc(C2CN(C(=O)OC(C)(C)C)C2)cc1C(C)=O. The molecule has 0 aromatic heterocycles. The van der Waals surface area contributed by atoms with Crippen LogP contribution < -0.4 is 4.74 Å². The quantitative estimate of drug-likeness (QED) is 0.565. The van der Waals surface area contributed by atoms with Crippen molar-refractivity contribution in [2.45, 2.75) is 59.0 Å². The number of ketones is 1. The fourth-order valence-electron chi connectivity index (χ4n) is 2.69. The van der Waals surface area contributed by atoms with E-state index in [1.54, 1.807) is 11.8 Å². The molecule has 1 aromatic rings. The Labute approximate surface area is 150 Å². The van der Waals surface area contributed by atoms with E-state index in [1.807, 2.05) is 39.0 Å². The molecular formula is C20H29NO4. The second-order valence-corrected chi connectivity index (χ2v) is 7.60. The van der Waals surface area contributed by atoms with Crippen LogP contribution in [0.15, 0.2) is 18.2 Å². The van der Waals surface area contributed by atoms with Crippen LogP contribution in [0.25, 0.3) is 0 Å². The van der Waals surface area contributed by atoms with E-state index in [-0.39, 0.29) is 17.8 Å². The van der Waals surface area contributed by atoms with E-state index in [4.69, 9.17) is 9.47 Å². The first-order chi connectivity index (χ1) is 11.7. The third-order valence-corrected chi connectivity index (χ3v) is 4.14. The van der Waals surface area contributed by atoms with Gasteiger partial charge in [0, 0.05) is 19.0 Å². The lowest BCUT2D eigenvalue weighted by molar-refractivity contribution is 0.00816. The Morgan fingerprint density at radius 1 is 1.24 bits per heavy atom. The van der Waals surface area contributed by atoms with E-state index in [0.717, 1.165) is 18.4 Å². The molecule has 0 saturated carbocycles. The third-order valence-electron chi connectivity index (χ3n) is 4.14. The fraction of sp³-hybridized carbons (Fsp3) is 0.600. The lowest BCUT2D eigenvalue weighted by Crippen LogP contribution is -2.50. The van der Waals surface area contributed by atoms with E-state index in [9.17, 15) is 9.59 Å². The van der Waals surface area contributed by atoms with Gasteiger partial charge in [0.1, 0.15) is 11.4 Å². The molecule has 0 bridgehead atoms. The van der Waals surface area contributed by atoms with Crippen molar-refractivity contribution in [3.63, 3.8) is 0 Å². The summed E-state index contributed by atoms with van der Waals surface area (Å²) in [5.74, 6) is 0.875. The molecule has 2 rings (SSSR count). The summed E-state index contributed by atoms with van der Waals surface area (Å²) in [6.45, 7) is 11.1. The first-order valence-corrected chi connectivity index (χ1v) is 8.97. The summed E-state index contributed by atoms with van der Waals surface area (Å²) in [6.07, 6.45) is 1.73. The van der Waals surface area contributed by atoms with E-state index < -0.39 is 5.60 Å². The van der Waals surface area contributed by atoms with Gasteiger partial charge in [0.05, 0.1) is 12.2 Å². The predicted molar refractivity (Wildman–Crippen MR) is 97.4 cm³/mol. The number of amides is 1. The number of hydrogen-bond acceptors (Lipinski definition) is 4. The number of nitrogens with zero attached hydrogens (tertiary/aromatic N) is 1. The average molecular weight is 347 g/mol. The normalized spacial score (nSPS) is 14.8. The second-order valence-electron chi connectivity index (χ2n) is 7.60. The molecule has 0 N–H and O–H groups in total. The number of unbranched alkanes of at least 4 members (excludes halogenated alkanes) is 1. The number of carbonyl (C=O) groups is 2. The van der Waals surface area contributed by atoms with Crippen molar-refractivity contribution >= 4 is 11.9 Å². The van der Waals surface area contributed by atoms with Crippen LogP contribution in [-0.2, 0) is 4.74 Å². The molecule has 1 fully saturated rings. The Kier molecular flexibility index (Phi) is 6.09. The van der Waals surface area contributed by atoms with Crippen LogP contribution in [0.3, 0.4) is 0 Å². The van der Waals surface area contributed by atoms with Gasteiger partial charge in [0.25, 0.3) is 0 Å². The molecule has 1 aliphatic heterocycles. The molecule has 1 amide bonds. The van der Waals surface area contributed by atoms with Gasteiger partial charge in [-0.05, 0) is 51.8 Å². The highest BCUT2D eigenvalue weighted by atomic mass is 16.6. The molecule has 0 atom stereocenters. The summed E-state index contributed by atoms with van der Waals surface area (Å²) in [5.41, 5.74) is 1.19. The Morgan fingerprint density at radius 3 is 2.48 bits per heavy atom. The molecule has 5 nitrogen and oxygen atoms in total. The van der Waals surface area contributed by atoms with Crippen molar-refractivity contribution in [1.82, 2.24) is 4.90 Å². The fourth-order valence-corrected chi connectivity index (χ4v) is 2.69. The van der Waals surface area contributed by atoms with Gasteiger partial charge in [-0.1, -0.05) is 19.4 Å². The monoisotopic (exact) mass is 347 g/mol. The standard InChI is InChI=1S/C20H29NO4/c1-6-7-10-24-18-9-8-15(11-17(18)14(2)22)16-12-21(13-16)19(23)25-20(3,4)5/h8-9,11,16H,6-7,10,12-13H2,1-5H3. The van der Waals surface area contributed by atoms with E-state index in [2.05, 4.69) is 6.92 Å². The largest absolute Gasteiger partial charge is 0.493 e. The maximum absolute atomic E-state index is 12.0. The molecular weight excluding hydrogens is 318 g/mol. The van der Waals surface area contributed by atoms with E-state index >= 15 is 0 Å². The maximum atomic E-state index is 12.0. The van der Waals surface area contributed by atoms with Gasteiger partial charge in [-0.25, -0.2) is 4.79 Å². The summed E-state index contributed by atoms with van der Waals surface area (Å²) in [4.78, 5) is 25.7. The van der Waals surface area contributed by atoms with Crippen LogP contribution >= 0.6 is 0 Å². The van der Waals surface area contributed by atoms with Crippen molar-refractivity contribution in [1.29, 1.82) is 0 Å². The summed E-state index contributed by atoms with van der Waals surface area (Å²) in [5, 5.41) is 0. The van der Waals surface area contributed by atoms with Gasteiger partial charge < -0.3 is 14.4 Å². The second kappa shape index (κ2) is 7.89. The number of ether oxygens (including phenoxy) is 2. The predicted octanol–water partition coefficient (Wildman–Crippen LogP) is 4.40. The number of Topliss-reactive ketones (excluding diaryl/α,β-unsaturated/α-hetero) is 1. The molecule has 0 radical (unpaired) electrons. The molecule has 1 saturated heterocycles. The van der Waals surface area contributed by atoms with Gasteiger partial charge >= 0.3 is 6.09 Å². The van der Waals surface area contributed by atoms with Crippen molar-refractivity contribution in [2.24, 2.45) is 0 Å². The molecule has 25 heavy (non-hydrogen) atoms. The average Bonchev–Trinajstić information content (AvgIpc) is 2.45. The minimum atomic E-state index is -0.485. The van der Waals surface area contributed by atoms with Crippen molar-refractivity contribution in [3.8, 4) is 5.75 Å². The smallest absolute Gasteiger partial charge is 0.410 e. The Bertz CT molecular complexity index is 627. The number of likely N-dealkylation sites (tertiary alicyclic amines) is 1. The van der Waals surface area contributed by atoms with Gasteiger partial charge in [-0.15, -0.1) is 0 Å². The van der Waals surface area contributed by atoms with Crippen LogP contribution in [0, 0.1) is 0 Å². The topological polar surface area (TPSA) is 55.8 Å². The molecule has 1 aromatic carbocycles. The minimum Gasteiger partial charge on any atom is -0.493 e. The highest BCUT2D eigenvalue weighted by molar-refractivity contribution is 5.97. The highest BCUT2D eigenvalue weighted by Crippen LogP contribution is 2.32. The Morgan fingerprint density at radius 2 is 1.92 bits per heavy atom. The number of hydrogen-bond donors (Lipinski definition) is 0. The zero-order chi connectivity index (χ0) is 18.6. The number of rotatable bonds is 6. The Balaban J connectivity index is 2.01. The van der Waals surface area contributed by atoms with Crippen molar-refractivity contribution in [2.75, 3.05) is 19.7 Å². The van der Waals surface area contributed by atoms with Gasteiger partial charge in [0.2, 0.25) is 0 Å². The van der Waals surface area contributed by atoms with Crippen molar-refractivity contribution in [3.05, 3.63) is 29.3 Å². The van der Waals surface area contributed by atoms with Crippen LogP contribution in [0.1, 0.15) is 69.3 Å². The van der Waals surface area contributed by atoms with Gasteiger partial charge in [-0.3, -0.25) is 4.79 Å². The number of benzene rings is 1. The summed E-state index contributed by atoms with van der Waals surface area (Å²) >= 11 is 0. The molecule has 138 valence electrons. The zero-order valence-electron chi connectivity index (χ0n) is 15.9. The molecule has 5 heteroatoms. The van der Waals surface area contributed by atoms with Gasteiger partial charge in [-0.2, -0.15) is 0 Å². The molecule has 0 aliphatic carbocycles. The first kappa shape index (κ1) is 19.3. The van der Waals surface area contributed by atoms with Crippen LogP contribution in [0.5, 0.6) is 5.75 Å². The van der Waals surface area contributed by atoms with Crippen molar-refractivity contribution < 1.29 is 19.1 Å². The van der Waals surface area contributed by atoms with E-state index in [0.29, 0.717) is 31.0 Å². The van der Waals surface area contributed by atoms with Crippen LogP contribution in [-0.4, -0.2) is 42.1 Å².